The zero-order chi connectivity index (χ0) is 13.9. The van der Waals surface area contributed by atoms with Crippen molar-refractivity contribution >= 4 is 5.91 Å². The quantitative estimate of drug-likeness (QED) is 0.888. The van der Waals surface area contributed by atoms with E-state index in [-0.39, 0.29) is 17.5 Å². The van der Waals surface area contributed by atoms with E-state index >= 15 is 0 Å². The molecule has 3 heterocycles. The molecule has 0 radical (unpaired) electrons. The first-order chi connectivity index (χ1) is 9.74. The summed E-state index contributed by atoms with van der Waals surface area (Å²) in [5.74, 6) is -0.0361. The van der Waals surface area contributed by atoms with Gasteiger partial charge in [-0.15, -0.1) is 0 Å². The molecule has 2 aromatic rings. The molecule has 0 aromatic carbocycles. The molecule has 20 heavy (non-hydrogen) atoms. The number of aromatic amines is 1. The van der Waals surface area contributed by atoms with E-state index in [4.69, 9.17) is 0 Å². The number of carbonyl (C=O) groups is 1. The van der Waals surface area contributed by atoms with Crippen molar-refractivity contribution in [2.24, 2.45) is 0 Å². The first kappa shape index (κ1) is 12.7. The minimum atomic E-state index is -0.198. The number of pyridine rings is 1. The SMILES string of the molecule is O=C(c1ccc(=O)[nH]c1)N1CCCC(n2ccnc2)C1. The monoisotopic (exact) mass is 272 g/mol. The lowest BCUT2D eigenvalue weighted by Gasteiger charge is -2.33. The largest absolute Gasteiger partial charge is 0.337 e. The highest BCUT2D eigenvalue weighted by Gasteiger charge is 2.25. The molecule has 1 aliphatic rings. The molecule has 1 fully saturated rings. The van der Waals surface area contributed by atoms with E-state index in [1.165, 1.54) is 12.3 Å². The van der Waals surface area contributed by atoms with Crippen LogP contribution in [0.1, 0.15) is 29.2 Å². The van der Waals surface area contributed by atoms with Crippen molar-refractivity contribution < 1.29 is 4.79 Å². The Balaban J connectivity index is 1.75. The zero-order valence-corrected chi connectivity index (χ0v) is 11.0. The predicted molar refractivity (Wildman–Crippen MR) is 73.5 cm³/mol. The molecule has 1 aliphatic heterocycles. The highest BCUT2D eigenvalue weighted by Crippen LogP contribution is 2.22. The van der Waals surface area contributed by atoms with E-state index in [9.17, 15) is 9.59 Å². The summed E-state index contributed by atoms with van der Waals surface area (Å²) >= 11 is 0. The fourth-order valence-corrected chi connectivity index (χ4v) is 2.59. The van der Waals surface area contributed by atoms with E-state index in [1.807, 2.05) is 15.7 Å². The summed E-state index contributed by atoms with van der Waals surface area (Å²) in [6.07, 6.45) is 8.97. The van der Waals surface area contributed by atoms with Gasteiger partial charge in [0.2, 0.25) is 5.56 Å². The molecule has 1 saturated heterocycles. The van der Waals surface area contributed by atoms with Crippen LogP contribution in [-0.2, 0) is 0 Å². The van der Waals surface area contributed by atoms with Crippen LogP contribution >= 0.6 is 0 Å². The summed E-state index contributed by atoms with van der Waals surface area (Å²) in [4.78, 5) is 31.9. The number of carbonyl (C=O) groups excluding carboxylic acids is 1. The summed E-state index contributed by atoms with van der Waals surface area (Å²) in [5.41, 5.74) is 0.326. The van der Waals surface area contributed by atoms with Gasteiger partial charge >= 0.3 is 0 Å². The van der Waals surface area contributed by atoms with Crippen molar-refractivity contribution in [2.45, 2.75) is 18.9 Å². The molecular formula is C14H16N4O2. The average molecular weight is 272 g/mol. The third-order valence-electron chi connectivity index (χ3n) is 3.66. The Hall–Kier alpha value is -2.37. The van der Waals surface area contributed by atoms with Crippen LogP contribution in [-0.4, -0.2) is 38.4 Å². The number of amides is 1. The number of nitrogens with zero attached hydrogens (tertiary/aromatic N) is 3. The summed E-state index contributed by atoms with van der Waals surface area (Å²) in [6, 6.07) is 3.23. The Bertz CT molecular complexity index is 627. The smallest absolute Gasteiger partial charge is 0.255 e. The van der Waals surface area contributed by atoms with Gasteiger partial charge in [-0.1, -0.05) is 0 Å². The lowest BCUT2D eigenvalue weighted by molar-refractivity contribution is 0.0679. The van der Waals surface area contributed by atoms with Gasteiger partial charge in [0.25, 0.3) is 5.91 Å². The Morgan fingerprint density at radius 3 is 3.00 bits per heavy atom. The van der Waals surface area contributed by atoms with Crippen molar-refractivity contribution in [1.29, 1.82) is 0 Å². The molecule has 3 rings (SSSR count). The number of likely N-dealkylation sites (tertiary alicyclic amines) is 1. The van der Waals surface area contributed by atoms with E-state index < -0.39 is 0 Å². The maximum absolute atomic E-state index is 12.4. The lowest BCUT2D eigenvalue weighted by atomic mass is 10.0. The second-order valence-corrected chi connectivity index (χ2v) is 5.00. The number of H-pyrrole nitrogens is 1. The van der Waals surface area contributed by atoms with Crippen molar-refractivity contribution in [3.63, 3.8) is 0 Å². The molecule has 0 aliphatic carbocycles. The summed E-state index contributed by atoms with van der Waals surface area (Å²) < 4.78 is 2.05. The first-order valence-electron chi connectivity index (χ1n) is 6.69. The van der Waals surface area contributed by atoms with Gasteiger partial charge in [0.1, 0.15) is 0 Å². The Kier molecular flexibility index (Phi) is 3.37. The van der Waals surface area contributed by atoms with Crippen molar-refractivity contribution in [3.8, 4) is 0 Å². The predicted octanol–water partition coefficient (Wildman–Crippen LogP) is 1.05. The van der Waals surface area contributed by atoms with Gasteiger partial charge in [-0.05, 0) is 18.9 Å². The lowest BCUT2D eigenvalue weighted by Crippen LogP contribution is -2.40. The molecule has 1 amide bonds. The van der Waals surface area contributed by atoms with Gasteiger partial charge < -0.3 is 14.5 Å². The van der Waals surface area contributed by atoms with Gasteiger partial charge in [0.05, 0.1) is 17.9 Å². The van der Waals surface area contributed by atoms with E-state index in [2.05, 4.69) is 9.97 Å². The molecule has 1 unspecified atom stereocenters. The van der Waals surface area contributed by atoms with Crippen LogP contribution < -0.4 is 5.56 Å². The minimum absolute atomic E-state index is 0.0361. The molecule has 6 nitrogen and oxygen atoms in total. The van der Waals surface area contributed by atoms with Crippen molar-refractivity contribution in [3.05, 3.63) is 53.0 Å². The maximum atomic E-state index is 12.4. The third kappa shape index (κ3) is 2.49. The summed E-state index contributed by atoms with van der Waals surface area (Å²) in [5, 5.41) is 0. The summed E-state index contributed by atoms with van der Waals surface area (Å²) in [6.45, 7) is 1.43. The van der Waals surface area contributed by atoms with Crippen LogP contribution in [0.25, 0.3) is 0 Å². The van der Waals surface area contributed by atoms with Gasteiger partial charge in [-0.3, -0.25) is 9.59 Å². The van der Waals surface area contributed by atoms with E-state index in [0.717, 1.165) is 19.4 Å². The van der Waals surface area contributed by atoms with Gasteiger partial charge in [0.15, 0.2) is 0 Å². The van der Waals surface area contributed by atoms with Crippen LogP contribution in [0, 0.1) is 0 Å². The standard InChI is InChI=1S/C14H16N4O2/c19-13-4-3-11(8-16-13)14(20)17-6-1-2-12(9-17)18-7-5-15-10-18/h3-5,7-8,10,12H,1-2,6,9H2,(H,16,19). The summed E-state index contributed by atoms with van der Waals surface area (Å²) in [7, 11) is 0. The van der Waals surface area contributed by atoms with Crippen LogP contribution in [0.15, 0.2) is 41.8 Å². The zero-order valence-electron chi connectivity index (χ0n) is 11.0. The first-order valence-corrected chi connectivity index (χ1v) is 6.69. The Morgan fingerprint density at radius 2 is 2.30 bits per heavy atom. The molecule has 2 aromatic heterocycles. The Morgan fingerprint density at radius 1 is 1.40 bits per heavy atom. The van der Waals surface area contributed by atoms with E-state index in [1.54, 1.807) is 18.6 Å². The fourth-order valence-electron chi connectivity index (χ4n) is 2.59. The molecule has 6 heteroatoms. The molecule has 0 saturated carbocycles. The Labute approximate surface area is 116 Å². The molecule has 1 atom stereocenters. The van der Waals surface area contributed by atoms with Crippen LogP contribution in [0.5, 0.6) is 0 Å². The third-order valence-corrected chi connectivity index (χ3v) is 3.66. The number of nitrogens with one attached hydrogen (secondary N) is 1. The second kappa shape index (κ2) is 5.32. The highest BCUT2D eigenvalue weighted by molar-refractivity contribution is 5.93. The number of rotatable bonds is 2. The van der Waals surface area contributed by atoms with Crippen LogP contribution in [0.3, 0.4) is 0 Å². The van der Waals surface area contributed by atoms with Gasteiger partial charge in [-0.2, -0.15) is 0 Å². The molecule has 1 N–H and O–H groups in total. The number of hydrogen-bond donors (Lipinski definition) is 1. The number of imidazole rings is 1. The van der Waals surface area contributed by atoms with Gasteiger partial charge in [0, 0.05) is 37.7 Å². The van der Waals surface area contributed by atoms with E-state index in [0.29, 0.717) is 12.1 Å². The number of aromatic nitrogens is 3. The molecular weight excluding hydrogens is 256 g/mol. The van der Waals surface area contributed by atoms with Crippen molar-refractivity contribution in [1.82, 2.24) is 19.4 Å². The average Bonchev–Trinajstić information content (AvgIpc) is 3.02. The molecule has 0 bridgehead atoms. The van der Waals surface area contributed by atoms with Gasteiger partial charge in [-0.25, -0.2) is 4.98 Å². The fraction of sp³-hybridized carbons (Fsp3) is 0.357. The second-order valence-electron chi connectivity index (χ2n) is 5.00. The highest BCUT2D eigenvalue weighted by atomic mass is 16.2. The normalized spacial score (nSPS) is 19.0. The topological polar surface area (TPSA) is 71.0 Å². The molecule has 0 spiro atoms. The van der Waals surface area contributed by atoms with Crippen LogP contribution in [0.2, 0.25) is 0 Å². The molecule has 104 valence electrons. The minimum Gasteiger partial charge on any atom is -0.337 e. The maximum Gasteiger partial charge on any atom is 0.255 e. The van der Waals surface area contributed by atoms with Crippen molar-refractivity contribution in [2.75, 3.05) is 13.1 Å². The number of hydrogen-bond acceptors (Lipinski definition) is 3. The number of piperidine rings is 1. The van der Waals surface area contributed by atoms with Crippen LogP contribution in [0.4, 0.5) is 0 Å².